The summed E-state index contributed by atoms with van der Waals surface area (Å²) in [5, 5.41) is 79.7. The second-order valence-corrected chi connectivity index (χ2v) is 20.7. The number of phenolic OH excluding ortho intramolecular Hbond substituents is 1. The van der Waals surface area contributed by atoms with Crippen LogP contribution in [0, 0.1) is 41.4 Å². The monoisotopic (exact) mass is 946 g/mol. The predicted molar refractivity (Wildman–Crippen MR) is 255 cm³/mol. The van der Waals surface area contributed by atoms with Gasteiger partial charge in [-0.05, 0) is 159 Å². The summed E-state index contributed by atoms with van der Waals surface area (Å²) in [5.41, 5.74) is 3.50. The summed E-state index contributed by atoms with van der Waals surface area (Å²) in [4.78, 5) is 29.2. The molecule has 2 aliphatic heterocycles. The van der Waals surface area contributed by atoms with E-state index in [4.69, 9.17) is 18.9 Å². The molecule has 0 amide bonds. The first kappa shape index (κ1) is 51.7. The molecule has 2 fully saturated rings. The van der Waals surface area contributed by atoms with Gasteiger partial charge in [0.15, 0.2) is 23.7 Å². The van der Waals surface area contributed by atoms with Gasteiger partial charge in [0.05, 0.1) is 25.4 Å². The van der Waals surface area contributed by atoms with E-state index in [9.17, 15) is 45.3 Å². The Balaban J connectivity index is 1.19. The van der Waals surface area contributed by atoms with E-state index in [-0.39, 0.29) is 79.3 Å². The molecule has 14 heteroatoms. The average molecular weight is 946 g/mol. The highest BCUT2D eigenvalue weighted by atomic mass is 16.7. The minimum absolute atomic E-state index is 0.0177. The van der Waals surface area contributed by atoms with E-state index in [0.717, 1.165) is 29.5 Å². The molecule has 2 heterocycles. The van der Waals surface area contributed by atoms with Crippen LogP contribution in [0.2, 0.25) is 0 Å². The first-order chi connectivity index (χ1) is 32.5. The number of carbonyl (C=O) groups excluding carboxylic acids is 2. The van der Waals surface area contributed by atoms with Crippen LogP contribution >= 0.6 is 0 Å². The quantitative estimate of drug-likeness (QED) is 0.0454. The zero-order valence-electron chi connectivity index (χ0n) is 40.3. The Hall–Kier alpha value is -4.12. The lowest BCUT2D eigenvalue weighted by atomic mass is 9.56. The standard InChI is InChI=1S/C54H75NO13/c1-30(2)6-13-39(59)27-44-36-12-14-40(31(3)22-36)41(44)15-17-48(61)66-51-49(62)50-45(55-28-32(4)58)18-20-54(64,68-50)52(51)67-53(63)38(23-34-8-16-46(60)47(25-34)65-5)26-43-37(29-57)11-10-35-9-7-33(19-21-56)24-42(35)43/h7-9,12,14,16,18,20,23-25,30-32,36-37,39-41,43-45,49-52,55-60,62,64H,6,10-11,13,15,17,19,21-22,26-29H2,1-5H3/b38-23+/t31-,32+,36+,37+,39-,40-,41-,43-,44+,45-,49+,50+,51-,52-,54-/m1/s1. The second-order valence-electron chi connectivity index (χ2n) is 20.7. The number of allylic oxidation sites excluding steroid dienone is 2. The Bertz CT molecular complexity index is 2140. The van der Waals surface area contributed by atoms with Crippen LogP contribution in [0.4, 0.5) is 0 Å². The fourth-order valence-electron chi connectivity index (χ4n) is 11.7. The number of phenols is 1. The van der Waals surface area contributed by atoms with Gasteiger partial charge >= 0.3 is 11.9 Å². The number of benzene rings is 2. The molecule has 1 saturated heterocycles. The molecule has 2 aromatic rings. The lowest BCUT2D eigenvalue weighted by Gasteiger charge is -2.51. The maximum Gasteiger partial charge on any atom is 0.334 e. The van der Waals surface area contributed by atoms with Gasteiger partial charge in [0, 0.05) is 31.8 Å². The average Bonchev–Trinajstić information content (AvgIpc) is 3.31. The first-order valence-electron chi connectivity index (χ1n) is 24.9. The molecule has 15 atom stereocenters. The maximum absolute atomic E-state index is 15.0. The van der Waals surface area contributed by atoms with Crippen molar-refractivity contribution in [2.75, 3.05) is 26.9 Å². The Kier molecular flexibility index (Phi) is 17.3. The Morgan fingerprint density at radius 2 is 1.81 bits per heavy atom. The molecular weight excluding hydrogens is 871 g/mol. The molecule has 0 radical (unpaired) electrons. The highest BCUT2D eigenvalue weighted by Crippen LogP contribution is 2.52. The van der Waals surface area contributed by atoms with Crippen LogP contribution in [-0.2, 0) is 36.6 Å². The van der Waals surface area contributed by atoms with Gasteiger partial charge in [-0.15, -0.1) is 0 Å². The number of aryl methyl sites for hydroxylation is 1. The van der Waals surface area contributed by atoms with Crippen molar-refractivity contribution in [3.8, 4) is 11.5 Å². The number of ether oxygens (including phenoxy) is 4. The molecule has 2 aromatic carbocycles. The third-order valence-electron chi connectivity index (χ3n) is 15.4. The van der Waals surface area contributed by atoms with E-state index in [1.165, 1.54) is 19.3 Å². The highest BCUT2D eigenvalue weighted by molar-refractivity contribution is 5.94. The van der Waals surface area contributed by atoms with Crippen LogP contribution in [0.5, 0.6) is 11.5 Å². The lowest BCUT2D eigenvalue weighted by Crippen LogP contribution is -2.71. The van der Waals surface area contributed by atoms with Crippen LogP contribution in [0.25, 0.3) is 6.08 Å². The smallest absolute Gasteiger partial charge is 0.334 e. The normalized spacial score (nSPS) is 32.7. The minimum atomic E-state index is -2.36. The van der Waals surface area contributed by atoms with Crippen molar-refractivity contribution in [1.82, 2.24) is 5.32 Å². The molecule has 14 nitrogen and oxygen atoms in total. The van der Waals surface area contributed by atoms with Gasteiger partial charge in [0.25, 0.3) is 0 Å². The van der Waals surface area contributed by atoms with Crippen molar-refractivity contribution >= 4 is 18.0 Å². The first-order valence-corrected chi connectivity index (χ1v) is 24.9. The van der Waals surface area contributed by atoms with Gasteiger partial charge in [-0.1, -0.05) is 63.3 Å². The summed E-state index contributed by atoms with van der Waals surface area (Å²) in [6.45, 7) is 8.05. The van der Waals surface area contributed by atoms with Crippen LogP contribution in [0.3, 0.4) is 0 Å². The van der Waals surface area contributed by atoms with E-state index in [1.54, 1.807) is 31.2 Å². The van der Waals surface area contributed by atoms with Crippen molar-refractivity contribution in [3.05, 3.63) is 88.5 Å². The molecule has 8 N–H and O–H groups in total. The summed E-state index contributed by atoms with van der Waals surface area (Å²) in [7, 11) is 1.41. The molecule has 0 aromatic heterocycles. The number of nitrogens with one attached hydrogen (secondary N) is 1. The number of esters is 2. The van der Waals surface area contributed by atoms with Crippen LogP contribution in [-0.4, -0.2) is 123 Å². The Labute approximate surface area is 401 Å². The Morgan fingerprint density at radius 3 is 2.51 bits per heavy atom. The summed E-state index contributed by atoms with van der Waals surface area (Å²) in [6.07, 6.45) is 7.32. The zero-order valence-corrected chi connectivity index (χ0v) is 40.3. The van der Waals surface area contributed by atoms with E-state index in [1.807, 2.05) is 18.2 Å². The van der Waals surface area contributed by atoms with Crippen molar-refractivity contribution in [1.29, 1.82) is 0 Å². The largest absolute Gasteiger partial charge is 0.504 e. The number of aromatic hydroxyl groups is 1. The fraction of sp³-hybridized carbons (Fsp3) is 0.630. The number of hydrogen-bond acceptors (Lipinski definition) is 14. The van der Waals surface area contributed by atoms with Crippen molar-refractivity contribution in [2.45, 2.75) is 146 Å². The van der Waals surface area contributed by atoms with E-state index >= 15 is 0 Å². The molecule has 68 heavy (non-hydrogen) atoms. The highest BCUT2D eigenvalue weighted by Gasteiger charge is 2.60. The topological polar surface area (TPSA) is 225 Å². The molecule has 8 rings (SSSR count). The number of aliphatic hydroxyl groups excluding tert-OH is 5. The van der Waals surface area contributed by atoms with E-state index in [2.05, 4.69) is 38.2 Å². The van der Waals surface area contributed by atoms with Gasteiger partial charge in [-0.3, -0.25) is 4.79 Å². The van der Waals surface area contributed by atoms with E-state index < -0.39 is 60.4 Å². The van der Waals surface area contributed by atoms with Crippen LogP contribution in [0.1, 0.15) is 107 Å². The maximum atomic E-state index is 15.0. The molecular formula is C54H75NO13. The van der Waals surface area contributed by atoms with Gasteiger partial charge in [-0.2, -0.15) is 0 Å². The third-order valence-corrected chi connectivity index (χ3v) is 15.4. The molecule has 0 unspecified atom stereocenters. The van der Waals surface area contributed by atoms with Crippen LogP contribution < -0.4 is 10.1 Å². The summed E-state index contributed by atoms with van der Waals surface area (Å²) >= 11 is 0. The van der Waals surface area contributed by atoms with Crippen LogP contribution in [0.15, 0.2) is 66.3 Å². The molecule has 4 aliphatic carbocycles. The van der Waals surface area contributed by atoms with Gasteiger partial charge in [0.2, 0.25) is 5.79 Å². The number of aliphatic hydroxyl groups is 6. The van der Waals surface area contributed by atoms with Crippen molar-refractivity contribution < 1.29 is 64.3 Å². The van der Waals surface area contributed by atoms with Crippen molar-refractivity contribution in [3.63, 3.8) is 0 Å². The zero-order chi connectivity index (χ0) is 48.9. The number of rotatable bonds is 21. The summed E-state index contributed by atoms with van der Waals surface area (Å²) in [5.74, 6) is -2.77. The molecule has 1 saturated carbocycles. The molecule has 0 spiro atoms. The lowest BCUT2D eigenvalue weighted by molar-refractivity contribution is -0.333. The number of methoxy groups -OCH3 is 1. The molecule has 4 bridgehead atoms. The summed E-state index contributed by atoms with van der Waals surface area (Å²) in [6, 6.07) is 9.89. The summed E-state index contributed by atoms with van der Waals surface area (Å²) < 4.78 is 24.0. The number of hydrogen-bond donors (Lipinski definition) is 8. The predicted octanol–water partition coefficient (Wildman–Crippen LogP) is 5.27. The third kappa shape index (κ3) is 11.9. The minimum Gasteiger partial charge on any atom is -0.504 e. The van der Waals surface area contributed by atoms with Crippen molar-refractivity contribution in [2.24, 2.45) is 41.4 Å². The SMILES string of the molecule is COc1cc(/C=C(\C[C@H]2c3cc(CCO)ccc3CC[C@H]2CO)C(=O)O[C@@H]2[C@H](OC(=O)CC[C@@H]3[C@@H]4C=C[C@@H](C[C@H]4C)[C@@H]3C[C@H](O)CCC(C)C)[C@@H](O)[C@H]3O[C@]2(O)C=C[C@H]3NC[C@H](C)O)ccc1O. The molecule has 6 aliphatic rings. The van der Waals surface area contributed by atoms with Gasteiger partial charge in [-0.25, -0.2) is 4.79 Å². The number of fused-ring (bicyclic) bond motifs is 5. The van der Waals surface area contributed by atoms with Gasteiger partial charge in [0.1, 0.15) is 12.2 Å². The van der Waals surface area contributed by atoms with Gasteiger partial charge < -0.3 is 60.0 Å². The number of carbonyl (C=O) groups is 2. The fourth-order valence-corrected chi connectivity index (χ4v) is 11.7. The Morgan fingerprint density at radius 1 is 1.01 bits per heavy atom. The second kappa shape index (κ2) is 22.7. The molecule has 374 valence electrons. The van der Waals surface area contributed by atoms with E-state index in [0.29, 0.717) is 61.8 Å².